The quantitative estimate of drug-likeness (QED) is 0.881. The van der Waals surface area contributed by atoms with E-state index < -0.39 is 35.2 Å². The molecule has 1 fully saturated rings. The highest BCUT2D eigenvalue weighted by atomic mass is 19.2. The number of β-amino-alcohol motifs (C(OH)–C–C–N with tert-alkyl or cyclic N) is 1. The first-order valence-corrected chi connectivity index (χ1v) is 7.50. The van der Waals surface area contributed by atoms with Gasteiger partial charge in [-0.1, -0.05) is 6.07 Å². The van der Waals surface area contributed by atoms with Gasteiger partial charge in [0.25, 0.3) is 11.5 Å². The predicted octanol–water partition coefficient (Wildman–Crippen LogP) is 1.91. The number of likely N-dealkylation sites (tertiary alicyclic amines) is 1. The second kappa shape index (κ2) is 6.16. The molecule has 24 heavy (non-hydrogen) atoms. The van der Waals surface area contributed by atoms with Crippen molar-refractivity contribution in [1.29, 1.82) is 0 Å². The Morgan fingerprint density at radius 1 is 1.25 bits per heavy atom. The van der Waals surface area contributed by atoms with Crippen LogP contribution in [-0.4, -0.2) is 33.5 Å². The van der Waals surface area contributed by atoms with Crippen molar-refractivity contribution in [3.63, 3.8) is 0 Å². The first-order valence-electron chi connectivity index (χ1n) is 7.50. The molecule has 5 nitrogen and oxygen atoms in total. The second-order valence-electron chi connectivity index (χ2n) is 5.92. The van der Waals surface area contributed by atoms with Crippen LogP contribution in [0.25, 0.3) is 0 Å². The van der Waals surface area contributed by atoms with E-state index in [0.717, 1.165) is 12.1 Å². The Kier molecular flexibility index (Phi) is 4.19. The van der Waals surface area contributed by atoms with Gasteiger partial charge in [-0.3, -0.25) is 9.59 Å². The van der Waals surface area contributed by atoms with Crippen molar-refractivity contribution < 1.29 is 18.7 Å². The van der Waals surface area contributed by atoms with Crippen molar-refractivity contribution in [1.82, 2.24) is 9.88 Å². The van der Waals surface area contributed by atoms with Crippen molar-refractivity contribution in [2.24, 2.45) is 0 Å². The maximum atomic E-state index is 13.5. The number of benzene rings is 1. The fraction of sp³-hybridized carbons (Fsp3) is 0.294. The molecule has 0 unspecified atom stereocenters. The van der Waals surface area contributed by atoms with Crippen molar-refractivity contribution >= 4 is 5.91 Å². The summed E-state index contributed by atoms with van der Waals surface area (Å²) in [7, 11) is 0. The van der Waals surface area contributed by atoms with E-state index in [-0.39, 0.29) is 18.5 Å². The number of aromatic nitrogens is 1. The molecule has 0 bridgehead atoms. The zero-order valence-corrected chi connectivity index (χ0v) is 12.9. The van der Waals surface area contributed by atoms with Gasteiger partial charge in [0.15, 0.2) is 11.6 Å². The molecule has 0 aliphatic carbocycles. The minimum atomic E-state index is -1.02. The van der Waals surface area contributed by atoms with Gasteiger partial charge in [-0.15, -0.1) is 0 Å². The molecule has 2 N–H and O–H groups in total. The highest BCUT2D eigenvalue weighted by Crippen LogP contribution is 2.33. The molecule has 126 valence electrons. The number of rotatable bonds is 2. The number of amides is 1. The largest absolute Gasteiger partial charge is 0.391 e. The lowest BCUT2D eigenvalue weighted by Gasteiger charge is -2.24. The smallest absolute Gasteiger partial charge is 0.260 e. The van der Waals surface area contributed by atoms with E-state index in [9.17, 15) is 23.5 Å². The number of hydrogen-bond donors (Lipinski definition) is 2. The third-order valence-electron chi connectivity index (χ3n) is 4.15. The number of nitrogens with zero attached hydrogens (tertiary/aromatic N) is 1. The van der Waals surface area contributed by atoms with Crippen LogP contribution in [0.15, 0.2) is 35.1 Å². The Bertz CT molecular complexity index is 850. The molecule has 1 aliphatic rings. The molecule has 1 aliphatic heterocycles. The molecule has 2 atom stereocenters. The highest BCUT2D eigenvalue weighted by molar-refractivity contribution is 5.94. The molecule has 0 saturated carbocycles. The minimum Gasteiger partial charge on any atom is -0.391 e. The lowest BCUT2D eigenvalue weighted by atomic mass is 10.0. The van der Waals surface area contributed by atoms with Crippen LogP contribution in [0.1, 0.15) is 34.1 Å². The van der Waals surface area contributed by atoms with Gasteiger partial charge in [-0.25, -0.2) is 8.78 Å². The van der Waals surface area contributed by atoms with Crippen LogP contribution in [0.4, 0.5) is 8.78 Å². The maximum absolute atomic E-state index is 13.5. The molecule has 2 aromatic rings. The summed E-state index contributed by atoms with van der Waals surface area (Å²) in [5.74, 6) is -2.55. The Morgan fingerprint density at radius 3 is 2.67 bits per heavy atom. The maximum Gasteiger partial charge on any atom is 0.260 e. The van der Waals surface area contributed by atoms with Crippen LogP contribution in [-0.2, 0) is 0 Å². The lowest BCUT2D eigenvalue weighted by Crippen LogP contribution is -2.35. The molecule has 1 aromatic heterocycles. The monoisotopic (exact) mass is 334 g/mol. The number of pyridine rings is 1. The second-order valence-corrected chi connectivity index (χ2v) is 5.92. The van der Waals surface area contributed by atoms with Gasteiger partial charge in [0.05, 0.1) is 12.1 Å². The molecule has 1 amide bonds. The predicted molar refractivity (Wildman–Crippen MR) is 82.6 cm³/mol. The molecular formula is C17H16F2N2O3. The lowest BCUT2D eigenvalue weighted by molar-refractivity contribution is 0.0713. The fourth-order valence-electron chi connectivity index (χ4n) is 2.97. The summed E-state index contributed by atoms with van der Waals surface area (Å²) in [4.78, 5) is 28.5. The Hall–Kier alpha value is -2.54. The summed E-state index contributed by atoms with van der Waals surface area (Å²) in [5.41, 5.74) is 0.421. The van der Waals surface area contributed by atoms with E-state index in [2.05, 4.69) is 4.98 Å². The summed E-state index contributed by atoms with van der Waals surface area (Å²) in [5, 5.41) is 9.92. The molecule has 7 heteroatoms. The molecule has 1 saturated heterocycles. The van der Waals surface area contributed by atoms with Crippen LogP contribution in [0, 0.1) is 18.6 Å². The summed E-state index contributed by atoms with van der Waals surface area (Å²) < 4.78 is 26.6. The summed E-state index contributed by atoms with van der Waals surface area (Å²) in [6.45, 7) is 1.72. The van der Waals surface area contributed by atoms with Crippen LogP contribution in [0.5, 0.6) is 0 Å². The van der Waals surface area contributed by atoms with E-state index in [4.69, 9.17) is 0 Å². The number of aromatic amines is 1. The van der Waals surface area contributed by atoms with Crippen molar-refractivity contribution in [3.8, 4) is 0 Å². The van der Waals surface area contributed by atoms with Gasteiger partial charge in [0, 0.05) is 12.2 Å². The average molecular weight is 334 g/mol. The first kappa shape index (κ1) is 16.3. The van der Waals surface area contributed by atoms with Crippen LogP contribution in [0.3, 0.4) is 0 Å². The third-order valence-corrected chi connectivity index (χ3v) is 4.15. The van der Waals surface area contributed by atoms with Crippen LogP contribution < -0.4 is 5.56 Å². The number of halogens is 2. The third kappa shape index (κ3) is 2.94. The van der Waals surface area contributed by atoms with E-state index in [1.165, 1.54) is 17.0 Å². The topological polar surface area (TPSA) is 73.4 Å². The number of carbonyl (C=O) groups excluding carboxylic acids is 1. The van der Waals surface area contributed by atoms with Gasteiger partial charge >= 0.3 is 0 Å². The Balaban J connectivity index is 1.96. The molecule has 1 aromatic carbocycles. The number of nitrogens with one attached hydrogen (secondary N) is 1. The standard InChI is InChI=1S/C17H16F2N2O3/c1-9-2-4-12(16(23)20-9)17(24)21-8-11(22)7-15(21)10-3-5-13(18)14(19)6-10/h2-6,11,15,22H,7-8H2,1H3,(H,20,23)/t11-,15-/m0/s1. The van der Waals surface area contributed by atoms with Crippen LogP contribution >= 0.6 is 0 Å². The van der Waals surface area contributed by atoms with Gasteiger partial charge in [0.1, 0.15) is 5.56 Å². The van der Waals surface area contributed by atoms with Gasteiger partial charge in [-0.2, -0.15) is 0 Å². The van der Waals surface area contributed by atoms with Crippen LogP contribution in [0.2, 0.25) is 0 Å². The number of carbonyl (C=O) groups is 1. The Labute approximate surface area is 136 Å². The number of hydrogen-bond acceptors (Lipinski definition) is 3. The summed E-state index contributed by atoms with van der Waals surface area (Å²) in [6.07, 6.45) is -0.600. The van der Waals surface area contributed by atoms with Gasteiger partial charge in [-0.05, 0) is 43.2 Å². The molecule has 0 spiro atoms. The molecule has 2 heterocycles. The van der Waals surface area contributed by atoms with E-state index in [1.54, 1.807) is 13.0 Å². The number of H-pyrrole nitrogens is 1. The van der Waals surface area contributed by atoms with E-state index in [0.29, 0.717) is 11.3 Å². The molecule has 3 rings (SSSR count). The SMILES string of the molecule is Cc1ccc(C(=O)N2C[C@@H](O)C[C@H]2c2ccc(F)c(F)c2)c(=O)[nH]1. The van der Waals surface area contributed by atoms with E-state index >= 15 is 0 Å². The summed E-state index contributed by atoms with van der Waals surface area (Å²) >= 11 is 0. The zero-order chi connectivity index (χ0) is 17.4. The zero-order valence-electron chi connectivity index (χ0n) is 12.9. The fourth-order valence-corrected chi connectivity index (χ4v) is 2.97. The number of aliphatic hydroxyl groups is 1. The highest BCUT2D eigenvalue weighted by Gasteiger charge is 2.36. The van der Waals surface area contributed by atoms with E-state index in [1.807, 2.05) is 0 Å². The summed E-state index contributed by atoms with van der Waals surface area (Å²) in [6, 6.07) is 5.77. The number of aliphatic hydroxyl groups excluding tert-OH is 1. The Morgan fingerprint density at radius 2 is 2.00 bits per heavy atom. The molecule has 0 radical (unpaired) electrons. The van der Waals surface area contributed by atoms with Crippen molar-refractivity contribution in [2.45, 2.75) is 25.5 Å². The molecular weight excluding hydrogens is 318 g/mol. The minimum absolute atomic E-state index is 0.0236. The first-order chi connectivity index (χ1) is 11.4. The average Bonchev–Trinajstić information content (AvgIpc) is 2.91. The normalized spacial score (nSPS) is 20.4. The van der Waals surface area contributed by atoms with Crippen molar-refractivity contribution in [2.75, 3.05) is 6.54 Å². The van der Waals surface area contributed by atoms with Gasteiger partial charge in [0.2, 0.25) is 0 Å². The van der Waals surface area contributed by atoms with Crippen molar-refractivity contribution in [3.05, 3.63) is 69.1 Å². The van der Waals surface area contributed by atoms with Gasteiger partial charge < -0.3 is 15.0 Å². The number of aryl methyl sites for hydroxylation is 1.